The number of halogens is 1. The third kappa shape index (κ3) is 4.93. The Labute approximate surface area is 178 Å². The van der Waals surface area contributed by atoms with Gasteiger partial charge in [-0.1, -0.05) is 11.6 Å². The molecule has 0 aliphatic rings. The Balaban J connectivity index is 1.76. The summed E-state index contributed by atoms with van der Waals surface area (Å²) in [5.74, 6) is 0.529. The Kier molecular flexibility index (Phi) is 6.64. The van der Waals surface area contributed by atoms with E-state index in [9.17, 15) is 14.7 Å². The minimum atomic E-state index is -0.675. The molecule has 158 valence electrons. The minimum Gasteiger partial charge on any atom is -0.497 e. The van der Waals surface area contributed by atoms with Gasteiger partial charge in [0.25, 0.3) is 5.91 Å². The Morgan fingerprint density at radius 1 is 1.27 bits per heavy atom. The van der Waals surface area contributed by atoms with Gasteiger partial charge in [0.2, 0.25) is 0 Å². The molecule has 8 heteroatoms. The van der Waals surface area contributed by atoms with Gasteiger partial charge in [0.15, 0.2) is 6.61 Å². The number of rotatable bonds is 7. The van der Waals surface area contributed by atoms with Crippen molar-refractivity contribution >= 4 is 34.2 Å². The van der Waals surface area contributed by atoms with E-state index >= 15 is 0 Å². The Bertz CT molecular complexity index is 1120. The van der Waals surface area contributed by atoms with Gasteiger partial charge in [-0.25, -0.2) is 4.79 Å². The highest BCUT2D eigenvalue weighted by Crippen LogP contribution is 2.32. The fraction of sp³-hybridized carbons (Fsp3) is 0.273. The number of anilines is 1. The van der Waals surface area contributed by atoms with Crippen LogP contribution in [-0.4, -0.2) is 30.8 Å². The van der Waals surface area contributed by atoms with Gasteiger partial charge in [0, 0.05) is 29.1 Å². The molecule has 1 atom stereocenters. The molecule has 1 amide bonds. The van der Waals surface area contributed by atoms with Gasteiger partial charge in [-0.05, 0) is 49.7 Å². The predicted molar refractivity (Wildman–Crippen MR) is 115 cm³/mol. The lowest BCUT2D eigenvalue weighted by atomic mass is 10.0. The molecule has 7 nitrogen and oxygen atoms in total. The summed E-state index contributed by atoms with van der Waals surface area (Å²) in [6, 6.07) is 9.99. The van der Waals surface area contributed by atoms with E-state index in [1.54, 1.807) is 51.3 Å². The average molecular weight is 432 g/mol. The molecule has 3 rings (SSSR count). The minimum absolute atomic E-state index is 0.186. The molecule has 0 saturated carbocycles. The van der Waals surface area contributed by atoms with E-state index in [1.165, 1.54) is 6.07 Å². The van der Waals surface area contributed by atoms with E-state index in [0.717, 1.165) is 0 Å². The lowest BCUT2D eigenvalue weighted by Gasteiger charge is -2.12. The van der Waals surface area contributed by atoms with Crippen LogP contribution < -0.4 is 20.4 Å². The van der Waals surface area contributed by atoms with Crippen LogP contribution >= 0.6 is 11.6 Å². The van der Waals surface area contributed by atoms with Crippen molar-refractivity contribution in [3.8, 4) is 11.5 Å². The van der Waals surface area contributed by atoms with Gasteiger partial charge in [-0.15, -0.1) is 0 Å². The van der Waals surface area contributed by atoms with Crippen molar-refractivity contribution in [3.05, 3.63) is 63.0 Å². The number of methoxy groups -OCH3 is 1. The zero-order valence-electron chi connectivity index (χ0n) is 16.8. The van der Waals surface area contributed by atoms with Crippen LogP contribution in [0.25, 0.3) is 11.0 Å². The highest BCUT2D eigenvalue weighted by molar-refractivity contribution is 6.32. The van der Waals surface area contributed by atoms with E-state index < -0.39 is 11.7 Å². The number of hydrogen-bond donors (Lipinski definition) is 2. The van der Waals surface area contributed by atoms with Crippen molar-refractivity contribution in [1.29, 1.82) is 0 Å². The first-order chi connectivity index (χ1) is 14.3. The predicted octanol–water partition coefficient (Wildman–Crippen LogP) is 3.70. The molecule has 0 radical (unpaired) electrons. The third-order valence-corrected chi connectivity index (χ3v) is 4.87. The smallest absolute Gasteiger partial charge is 0.339 e. The molecule has 0 aliphatic carbocycles. The first-order valence-electron chi connectivity index (χ1n) is 9.29. The molecule has 0 bridgehead atoms. The third-order valence-electron chi connectivity index (χ3n) is 4.57. The van der Waals surface area contributed by atoms with Crippen molar-refractivity contribution in [3.63, 3.8) is 0 Å². The van der Waals surface area contributed by atoms with Gasteiger partial charge < -0.3 is 24.3 Å². The van der Waals surface area contributed by atoms with E-state index in [4.69, 9.17) is 25.5 Å². The number of amides is 1. The van der Waals surface area contributed by atoms with Crippen molar-refractivity contribution in [2.45, 2.75) is 26.4 Å². The summed E-state index contributed by atoms with van der Waals surface area (Å²) in [5.41, 5.74) is 1.46. The number of aryl methyl sites for hydroxylation is 1. The molecule has 0 saturated heterocycles. The molecule has 2 aromatic carbocycles. The van der Waals surface area contributed by atoms with Crippen LogP contribution in [0.5, 0.6) is 11.5 Å². The second-order valence-corrected chi connectivity index (χ2v) is 7.30. The molecular weight excluding hydrogens is 410 g/mol. The van der Waals surface area contributed by atoms with Crippen molar-refractivity contribution in [1.82, 2.24) is 0 Å². The van der Waals surface area contributed by atoms with Gasteiger partial charge >= 0.3 is 5.63 Å². The Morgan fingerprint density at radius 2 is 1.97 bits per heavy atom. The highest BCUT2D eigenvalue weighted by Gasteiger charge is 2.16. The van der Waals surface area contributed by atoms with Gasteiger partial charge in [-0.2, -0.15) is 0 Å². The maximum atomic E-state index is 12.3. The van der Waals surface area contributed by atoms with E-state index in [0.29, 0.717) is 33.5 Å². The zero-order valence-corrected chi connectivity index (χ0v) is 17.6. The van der Waals surface area contributed by atoms with Crippen molar-refractivity contribution in [2.24, 2.45) is 0 Å². The van der Waals surface area contributed by atoms with Crippen LogP contribution in [0.1, 0.15) is 18.1 Å². The monoisotopic (exact) mass is 431 g/mol. The normalized spacial score (nSPS) is 11.9. The fourth-order valence-electron chi connectivity index (χ4n) is 3.05. The first kappa shape index (κ1) is 21.7. The first-order valence-corrected chi connectivity index (χ1v) is 9.67. The maximum absolute atomic E-state index is 12.3. The topological polar surface area (TPSA) is 98.0 Å². The molecule has 0 spiro atoms. The van der Waals surface area contributed by atoms with Crippen LogP contribution in [0.3, 0.4) is 0 Å². The zero-order chi connectivity index (χ0) is 21.8. The van der Waals surface area contributed by atoms with E-state index in [2.05, 4.69) is 5.32 Å². The number of aliphatic hydroxyl groups excluding tert-OH is 1. The molecule has 0 aliphatic heterocycles. The molecule has 2 N–H and O–H groups in total. The lowest BCUT2D eigenvalue weighted by Crippen LogP contribution is -2.20. The Morgan fingerprint density at radius 3 is 2.60 bits per heavy atom. The molecule has 1 aromatic heterocycles. The molecule has 3 aromatic rings. The summed E-state index contributed by atoms with van der Waals surface area (Å²) >= 11 is 6.31. The highest BCUT2D eigenvalue weighted by atomic mass is 35.5. The molecule has 0 unspecified atom stereocenters. The number of carbonyl (C=O) groups excluding carboxylic acids is 1. The van der Waals surface area contributed by atoms with Crippen LogP contribution in [0, 0.1) is 6.92 Å². The standard InChI is InChI=1S/C22H22ClNO6/c1-12(25)8-17-13(2)16-9-18(23)20(10-19(16)30-22(17)27)29-11-21(26)24-14-4-6-15(28-3)7-5-14/h4-7,9-10,12,25H,8,11H2,1-3H3,(H,24,26)/t12-/m1/s1. The summed E-state index contributed by atoms with van der Waals surface area (Å²) in [6.07, 6.45) is -0.489. The van der Waals surface area contributed by atoms with E-state index in [1.807, 2.05) is 0 Å². The summed E-state index contributed by atoms with van der Waals surface area (Å²) < 4.78 is 16.0. The molecule has 30 heavy (non-hydrogen) atoms. The van der Waals surface area contributed by atoms with Crippen molar-refractivity contribution in [2.75, 3.05) is 19.0 Å². The van der Waals surface area contributed by atoms with Crippen LogP contribution in [0.15, 0.2) is 45.6 Å². The van der Waals surface area contributed by atoms with Crippen LogP contribution in [-0.2, 0) is 11.2 Å². The molecule has 1 heterocycles. The molecule has 0 fully saturated rings. The van der Waals surface area contributed by atoms with E-state index in [-0.39, 0.29) is 29.7 Å². The summed E-state index contributed by atoms with van der Waals surface area (Å²) in [4.78, 5) is 24.4. The second kappa shape index (κ2) is 9.19. The fourth-order valence-corrected chi connectivity index (χ4v) is 3.26. The number of nitrogens with one attached hydrogen (secondary N) is 1. The van der Waals surface area contributed by atoms with Gasteiger partial charge in [0.05, 0.1) is 18.2 Å². The number of carbonyl (C=O) groups is 1. The maximum Gasteiger partial charge on any atom is 0.339 e. The molecular formula is C22H22ClNO6. The summed E-state index contributed by atoms with van der Waals surface area (Å²) in [7, 11) is 1.56. The average Bonchev–Trinajstić information content (AvgIpc) is 2.71. The summed E-state index contributed by atoms with van der Waals surface area (Å²) in [6.45, 7) is 3.10. The van der Waals surface area contributed by atoms with Gasteiger partial charge in [0.1, 0.15) is 17.1 Å². The number of fused-ring (bicyclic) bond motifs is 1. The van der Waals surface area contributed by atoms with Crippen LogP contribution in [0.4, 0.5) is 5.69 Å². The number of hydrogen-bond acceptors (Lipinski definition) is 6. The second-order valence-electron chi connectivity index (χ2n) is 6.89. The Hall–Kier alpha value is -3.03. The van der Waals surface area contributed by atoms with Crippen LogP contribution in [0.2, 0.25) is 5.02 Å². The number of benzene rings is 2. The summed E-state index contributed by atoms with van der Waals surface area (Å²) in [5, 5.41) is 13.2. The SMILES string of the molecule is COc1ccc(NC(=O)COc2cc3oc(=O)c(C[C@@H](C)O)c(C)c3cc2Cl)cc1. The quantitative estimate of drug-likeness (QED) is 0.553. The largest absolute Gasteiger partial charge is 0.497 e. The van der Waals surface area contributed by atoms with Gasteiger partial charge in [-0.3, -0.25) is 4.79 Å². The number of aliphatic hydroxyl groups is 1. The van der Waals surface area contributed by atoms with Crippen molar-refractivity contribution < 1.29 is 23.8 Å². The lowest BCUT2D eigenvalue weighted by molar-refractivity contribution is -0.118. The number of ether oxygens (including phenoxy) is 2.